The number of fused-ring (bicyclic) bond motifs is 1. The summed E-state index contributed by atoms with van der Waals surface area (Å²) in [6.45, 7) is 3.17. The van der Waals surface area contributed by atoms with Crippen molar-refractivity contribution in [2.45, 2.75) is 19.4 Å². The number of ether oxygens (including phenoxy) is 3. The van der Waals surface area contributed by atoms with Crippen LogP contribution in [-0.2, 0) is 13.0 Å². The van der Waals surface area contributed by atoms with Gasteiger partial charge in [0.1, 0.15) is 0 Å². The molecule has 0 bridgehead atoms. The first-order chi connectivity index (χ1) is 13.1. The number of nitrogens with zero attached hydrogens (tertiary/aromatic N) is 1. The van der Waals surface area contributed by atoms with Crippen molar-refractivity contribution < 1.29 is 19.0 Å². The normalized spacial score (nSPS) is 18.6. The van der Waals surface area contributed by atoms with Crippen LogP contribution in [0.15, 0.2) is 36.4 Å². The molecular formula is C21H24N2O4. The number of carbonyl (C=O) groups is 1. The largest absolute Gasteiger partial charge is 0.493 e. The van der Waals surface area contributed by atoms with E-state index in [2.05, 4.69) is 11.0 Å². The summed E-state index contributed by atoms with van der Waals surface area (Å²) in [7, 11) is 1.65. The number of amides is 1. The molecule has 1 fully saturated rings. The van der Waals surface area contributed by atoms with E-state index in [1.807, 2.05) is 24.3 Å². The molecule has 6 heteroatoms. The number of likely N-dealkylation sites (tertiary alicyclic amines) is 1. The number of methoxy groups -OCH3 is 1. The third-order valence-electron chi connectivity index (χ3n) is 5.23. The molecule has 0 unspecified atom stereocenters. The van der Waals surface area contributed by atoms with Gasteiger partial charge in [-0.1, -0.05) is 12.1 Å². The average molecular weight is 368 g/mol. The van der Waals surface area contributed by atoms with Gasteiger partial charge in [-0.15, -0.1) is 0 Å². The van der Waals surface area contributed by atoms with Crippen LogP contribution in [0.2, 0.25) is 0 Å². The summed E-state index contributed by atoms with van der Waals surface area (Å²) in [5.74, 6) is 2.36. The predicted octanol–water partition coefficient (Wildman–Crippen LogP) is 2.59. The molecule has 2 aromatic carbocycles. The van der Waals surface area contributed by atoms with Gasteiger partial charge < -0.3 is 19.9 Å². The monoisotopic (exact) mass is 368 g/mol. The Hall–Kier alpha value is -2.73. The molecule has 0 spiro atoms. The van der Waals surface area contributed by atoms with Crippen molar-refractivity contribution in [1.29, 1.82) is 0 Å². The number of carbonyl (C=O) groups excluding carboxylic acids is 1. The van der Waals surface area contributed by atoms with E-state index in [-0.39, 0.29) is 12.7 Å². The Labute approximate surface area is 158 Å². The Morgan fingerprint density at radius 2 is 2.15 bits per heavy atom. The molecule has 0 aromatic heterocycles. The van der Waals surface area contributed by atoms with Crippen LogP contribution in [0, 0.1) is 5.92 Å². The number of hydrogen-bond acceptors (Lipinski definition) is 5. The number of hydrogen-bond donors (Lipinski definition) is 1. The predicted molar refractivity (Wildman–Crippen MR) is 101 cm³/mol. The Morgan fingerprint density at radius 1 is 1.26 bits per heavy atom. The van der Waals surface area contributed by atoms with Gasteiger partial charge in [-0.3, -0.25) is 9.69 Å². The van der Waals surface area contributed by atoms with Gasteiger partial charge in [-0.05, 0) is 60.7 Å². The molecule has 0 saturated carbocycles. The zero-order chi connectivity index (χ0) is 18.8. The molecule has 2 N–H and O–H groups in total. The van der Waals surface area contributed by atoms with Gasteiger partial charge in [0.2, 0.25) is 18.4 Å². The topological polar surface area (TPSA) is 74.0 Å². The minimum atomic E-state index is -0.373. The summed E-state index contributed by atoms with van der Waals surface area (Å²) >= 11 is 0. The molecule has 2 aliphatic heterocycles. The summed E-state index contributed by atoms with van der Waals surface area (Å²) in [5.41, 5.74) is 8.29. The number of nitrogens with two attached hydrogens (primary N) is 1. The second-order valence-corrected chi connectivity index (χ2v) is 7.19. The fourth-order valence-electron chi connectivity index (χ4n) is 3.94. The molecule has 1 saturated heterocycles. The van der Waals surface area contributed by atoms with Crippen LogP contribution in [0.1, 0.15) is 27.9 Å². The maximum absolute atomic E-state index is 11.4. The minimum absolute atomic E-state index is 0.241. The van der Waals surface area contributed by atoms with Crippen molar-refractivity contribution in [1.82, 2.24) is 4.90 Å². The number of primary amides is 1. The first-order valence-corrected chi connectivity index (χ1v) is 9.20. The fraction of sp³-hybridized carbons (Fsp3) is 0.381. The highest BCUT2D eigenvalue weighted by Crippen LogP contribution is 2.42. The van der Waals surface area contributed by atoms with Gasteiger partial charge in [0.05, 0.1) is 7.11 Å². The van der Waals surface area contributed by atoms with Crippen molar-refractivity contribution >= 4 is 5.91 Å². The van der Waals surface area contributed by atoms with Gasteiger partial charge >= 0.3 is 0 Å². The molecule has 27 heavy (non-hydrogen) atoms. The van der Waals surface area contributed by atoms with Gasteiger partial charge in [0.25, 0.3) is 0 Å². The lowest BCUT2D eigenvalue weighted by molar-refractivity contribution is 0.1000. The zero-order valence-electron chi connectivity index (χ0n) is 15.4. The van der Waals surface area contributed by atoms with E-state index in [0.29, 0.717) is 17.2 Å². The lowest BCUT2D eigenvalue weighted by Gasteiger charge is -2.17. The van der Waals surface area contributed by atoms with Crippen LogP contribution in [0.3, 0.4) is 0 Å². The molecular weight excluding hydrogens is 344 g/mol. The molecule has 0 radical (unpaired) electrons. The average Bonchev–Trinajstić information content (AvgIpc) is 3.30. The fourth-order valence-corrected chi connectivity index (χ4v) is 3.94. The minimum Gasteiger partial charge on any atom is -0.493 e. The highest BCUT2D eigenvalue weighted by atomic mass is 16.7. The number of rotatable bonds is 6. The third kappa shape index (κ3) is 3.85. The van der Waals surface area contributed by atoms with Crippen LogP contribution in [-0.4, -0.2) is 37.8 Å². The second kappa shape index (κ2) is 7.48. The smallest absolute Gasteiger partial charge is 0.248 e. The van der Waals surface area contributed by atoms with Crippen LogP contribution in [0.25, 0.3) is 0 Å². The van der Waals surface area contributed by atoms with Crippen molar-refractivity contribution in [2.24, 2.45) is 11.7 Å². The van der Waals surface area contributed by atoms with Crippen molar-refractivity contribution in [3.8, 4) is 17.2 Å². The maximum atomic E-state index is 11.4. The molecule has 6 nitrogen and oxygen atoms in total. The number of benzene rings is 2. The van der Waals surface area contributed by atoms with E-state index < -0.39 is 0 Å². The van der Waals surface area contributed by atoms with E-state index >= 15 is 0 Å². The third-order valence-corrected chi connectivity index (χ3v) is 5.23. The second-order valence-electron chi connectivity index (χ2n) is 7.19. The SMILES string of the molecule is COc1cc(CN2CC[C@@H](Cc3cccc(C(N)=O)c3)C2)cc2c1OCO2. The van der Waals surface area contributed by atoms with Crippen LogP contribution in [0.5, 0.6) is 17.2 Å². The van der Waals surface area contributed by atoms with Crippen LogP contribution >= 0.6 is 0 Å². The van der Waals surface area contributed by atoms with Crippen LogP contribution < -0.4 is 19.9 Å². The summed E-state index contributed by atoms with van der Waals surface area (Å²) in [6.07, 6.45) is 2.10. The Bertz CT molecular complexity index is 852. The molecule has 142 valence electrons. The summed E-state index contributed by atoms with van der Waals surface area (Å²) in [5, 5.41) is 0. The first-order valence-electron chi connectivity index (χ1n) is 9.20. The Kier molecular flexibility index (Phi) is 4.90. The van der Waals surface area contributed by atoms with E-state index in [0.717, 1.165) is 49.5 Å². The van der Waals surface area contributed by atoms with E-state index in [9.17, 15) is 4.79 Å². The summed E-state index contributed by atoms with van der Waals surface area (Å²) in [6, 6.07) is 11.7. The van der Waals surface area contributed by atoms with Gasteiger partial charge in [0.15, 0.2) is 11.5 Å². The van der Waals surface area contributed by atoms with Crippen LogP contribution in [0.4, 0.5) is 0 Å². The highest BCUT2D eigenvalue weighted by Gasteiger charge is 2.25. The molecule has 4 rings (SSSR count). The van der Waals surface area contributed by atoms with Crippen molar-refractivity contribution in [2.75, 3.05) is 27.0 Å². The standard InChI is InChI=1S/C21H24N2O4/c1-25-18-9-16(10-19-20(18)27-13-26-19)12-23-6-5-15(11-23)7-14-3-2-4-17(8-14)21(22)24/h2-4,8-10,15H,5-7,11-13H2,1H3,(H2,22,24)/t15-/m0/s1. The summed E-state index contributed by atoms with van der Waals surface area (Å²) < 4.78 is 16.4. The lowest BCUT2D eigenvalue weighted by atomic mass is 9.97. The van der Waals surface area contributed by atoms with E-state index in [1.54, 1.807) is 13.2 Å². The van der Waals surface area contributed by atoms with Gasteiger partial charge in [-0.25, -0.2) is 0 Å². The molecule has 2 heterocycles. The van der Waals surface area contributed by atoms with Crippen molar-refractivity contribution in [3.63, 3.8) is 0 Å². The Morgan fingerprint density at radius 3 is 2.96 bits per heavy atom. The zero-order valence-corrected chi connectivity index (χ0v) is 15.4. The maximum Gasteiger partial charge on any atom is 0.248 e. The molecule has 2 aliphatic rings. The highest BCUT2D eigenvalue weighted by molar-refractivity contribution is 5.92. The quantitative estimate of drug-likeness (QED) is 0.848. The van der Waals surface area contributed by atoms with Gasteiger partial charge in [-0.2, -0.15) is 0 Å². The molecule has 1 amide bonds. The van der Waals surface area contributed by atoms with Crippen molar-refractivity contribution in [3.05, 3.63) is 53.1 Å². The van der Waals surface area contributed by atoms with E-state index in [4.69, 9.17) is 19.9 Å². The molecule has 2 aromatic rings. The lowest BCUT2D eigenvalue weighted by Crippen LogP contribution is -2.20. The van der Waals surface area contributed by atoms with E-state index in [1.165, 1.54) is 5.56 Å². The Balaban J connectivity index is 1.39. The first kappa shape index (κ1) is 17.7. The summed E-state index contributed by atoms with van der Waals surface area (Å²) in [4.78, 5) is 13.8. The van der Waals surface area contributed by atoms with Gasteiger partial charge in [0, 0.05) is 18.7 Å². The molecule has 1 atom stereocenters. The molecule has 0 aliphatic carbocycles.